The molecule has 1 N–H and O–H groups in total. The number of nitrogens with zero attached hydrogens (tertiary/aromatic N) is 1. The van der Waals surface area contributed by atoms with E-state index in [4.69, 9.17) is 11.6 Å². The smallest absolute Gasteiger partial charge is 0.269 e. The highest BCUT2D eigenvalue weighted by Gasteiger charge is 2.16. The molecule has 21 heavy (non-hydrogen) atoms. The van der Waals surface area contributed by atoms with Crippen LogP contribution in [0, 0.1) is 15.9 Å². The second kappa shape index (κ2) is 5.66. The van der Waals surface area contributed by atoms with Crippen LogP contribution in [0.1, 0.15) is 0 Å². The van der Waals surface area contributed by atoms with Crippen LogP contribution in [0.3, 0.4) is 0 Å². The van der Waals surface area contributed by atoms with Crippen LogP contribution in [0.15, 0.2) is 47.4 Å². The van der Waals surface area contributed by atoms with Gasteiger partial charge in [0, 0.05) is 12.1 Å². The number of nitro groups is 1. The average Bonchev–Trinajstić information content (AvgIpc) is 2.43. The van der Waals surface area contributed by atoms with Crippen molar-refractivity contribution >= 4 is 33.0 Å². The predicted octanol–water partition coefficient (Wildman–Crippen LogP) is 3.19. The van der Waals surface area contributed by atoms with Crippen LogP contribution in [-0.2, 0) is 10.0 Å². The Kier molecular flexibility index (Phi) is 4.10. The van der Waals surface area contributed by atoms with Crippen molar-refractivity contribution in [1.82, 2.24) is 0 Å². The minimum Gasteiger partial charge on any atom is -0.280 e. The minimum atomic E-state index is -3.94. The van der Waals surface area contributed by atoms with Crippen molar-refractivity contribution in [2.75, 3.05) is 4.72 Å². The first-order valence-electron chi connectivity index (χ1n) is 5.52. The van der Waals surface area contributed by atoms with Gasteiger partial charge in [-0.1, -0.05) is 11.6 Å². The summed E-state index contributed by atoms with van der Waals surface area (Å²) < 4.78 is 39.3. The molecular weight excluding hydrogens is 323 g/mol. The summed E-state index contributed by atoms with van der Waals surface area (Å²) in [4.78, 5) is 9.72. The van der Waals surface area contributed by atoms with Crippen LogP contribution in [0.25, 0.3) is 0 Å². The number of rotatable bonds is 4. The number of halogens is 2. The molecule has 0 aliphatic heterocycles. The van der Waals surface area contributed by atoms with Crippen LogP contribution in [-0.4, -0.2) is 13.3 Å². The normalized spacial score (nSPS) is 11.1. The topological polar surface area (TPSA) is 89.3 Å². The highest BCUT2D eigenvalue weighted by atomic mass is 35.5. The van der Waals surface area contributed by atoms with Crippen molar-refractivity contribution in [1.29, 1.82) is 0 Å². The fourth-order valence-corrected chi connectivity index (χ4v) is 2.75. The second-order valence-electron chi connectivity index (χ2n) is 3.99. The maximum Gasteiger partial charge on any atom is 0.269 e. The fourth-order valence-electron chi connectivity index (χ4n) is 1.52. The molecule has 2 aromatic rings. The van der Waals surface area contributed by atoms with Gasteiger partial charge in [0.1, 0.15) is 5.82 Å². The zero-order valence-corrected chi connectivity index (χ0v) is 11.9. The van der Waals surface area contributed by atoms with Crippen LogP contribution >= 0.6 is 11.6 Å². The Morgan fingerprint density at radius 3 is 2.29 bits per heavy atom. The standard InChI is InChI=1S/C12H8ClFN2O4S/c13-11-7-8(1-6-12(11)14)15-21(19,20)10-4-2-9(3-5-10)16(17)18/h1-7,15H. The number of hydrogen-bond acceptors (Lipinski definition) is 4. The molecule has 0 heterocycles. The van der Waals surface area contributed by atoms with Gasteiger partial charge in [0.05, 0.1) is 20.5 Å². The first-order chi connectivity index (χ1) is 9.79. The maximum atomic E-state index is 13.0. The van der Waals surface area contributed by atoms with E-state index in [9.17, 15) is 22.9 Å². The van der Waals surface area contributed by atoms with Gasteiger partial charge in [-0.3, -0.25) is 14.8 Å². The highest BCUT2D eigenvalue weighted by Crippen LogP contribution is 2.23. The maximum absolute atomic E-state index is 13.0. The minimum absolute atomic E-state index is 0.0831. The monoisotopic (exact) mass is 330 g/mol. The summed E-state index contributed by atoms with van der Waals surface area (Å²) in [5.74, 6) is -0.671. The average molecular weight is 331 g/mol. The molecule has 0 amide bonds. The SMILES string of the molecule is O=[N+]([O-])c1ccc(S(=O)(=O)Nc2ccc(F)c(Cl)c2)cc1. The summed E-state index contributed by atoms with van der Waals surface area (Å²) in [5.41, 5.74) is -0.140. The van der Waals surface area contributed by atoms with Gasteiger partial charge in [0.15, 0.2) is 0 Å². The number of benzene rings is 2. The van der Waals surface area contributed by atoms with E-state index in [0.717, 1.165) is 36.4 Å². The van der Waals surface area contributed by atoms with E-state index in [2.05, 4.69) is 4.72 Å². The van der Waals surface area contributed by atoms with Gasteiger partial charge in [-0.2, -0.15) is 0 Å². The van der Waals surface area contributed by atoms with Crippen LogP contribution < -0.4 is 4.72 Å². The molecular formula is C12H8ClFN2O4S. The third-order valence-corrected chi connectivity index (χ3v) is 4.22. The van der Waals surface area contributed by atoms with Gasteiger partial charge in [0.2, 0.25) is 0 Å². The predicted molar refractivity (Wildman–Crippen MR) is 75.3 cm³/mol. The molecule has 0 atom stereocenters. The zero-order valence-electron chi connectivity index (χ0n) is 10.3. The fraction of sp³-hybridized carbons (Fsp3) is 0. The van der Waals surface area contributed by atoms with E-state index in [1.807, 2.05) is 0 Å². The molecule has 0 unspecified atom stereocenters. The molecule has 2 rings (SSSR count). The molecule has 0 saturated carbocycles. The molecule has 9 heteroatoms. The Hall–Kier alpha value is -2.19. The van der Waals surface area contributed by atoms with Crippen molar-refractivity contribution in [3.05, 3.63) is 63.4 Å². The van der Waals surface area contributed by atoms with Gasteiger partial charge >= 0.3 is 0 Å². The number of sulfonamides is 1. The molecule has 0 aromatic heterocycles. The van der Waals surface area contributed by atoms with Crippen LogP contribution in [0.2, 0.25) is 5.02 Å². The third-order valence-electron chi connectivity index (χ3n) is 2.53. The number of anilines is 1. The summed E-state index contributed by atoms with van der Waals surface area (Å²) in [5, 5.41) is 10.3. The van der Waals surface area contributed by atoms with Crippen LogP contribution in [0.4, 0.5) is 15.8 Å². The van der Waals surface area contributed by atoms with E-state index in [0.29, 0.717) is 0 Å². The van der Waals surface area contributed by atoms with Gasteiger partial charge < -0.3 is 0 Å². The van der Waals surface area contributed by atoms with Crippen molar-refractivity contribution in [2.24, 2.45) is 0 Å². The summed E-state index contributed by atoms with van der Waals surface area (Å²) >= 11 is 5.56. The summed E-state index contributed by atoms with van der Waals surface area (Å²) in [6.45, 7) is 0. The van der Waals surface area contributed by atoms with E-state index < -0.39 is 20.8 Å². The Bertz CT molecular complexity index is 793. The lowest BCUT2D eigenvalue weighted by Crippen LogP contribution is -2.13. The molecule has 0 aliphatic rings. The number of nitro benzene ring substituents is 1. The largest absolute Gasteiger partial charge is 0.280 e. The van der Waals surface area contributed by atoms with Crippen molar-refractivity contribution in [3.8, 4) is 0 Å². The van der Waals surface area contributed by atoms with E-state index in [-0.39, 0.29) is 21.3 Å². The summed E-state index contributed by atoms with van der Waals surface area (Å²) in [6, 6.07) is 7.72. The summed E-state index contributed by atoms with van der Waals surface area (Å²) in [7, 11) is -3.94. The van der Waals surface area contributed by atoms with Gasteiger partial charge in [0.25, 0.3) is 15.7 Å². The first-order valence-corrected chi connectivity index (χ1v) is 7.38. The second-order valence-corrected chi connectivity index (χ2v) is 6.08. The number of hydrogen-bond donors (Lipinski definition) is 1. The summed E-state index contributed by atoms with van der Waals surface area (Å²) in [6.07, 6.45) is 0. The Morgan fingerprint density at radius 2 is 1.76 bits per heavy atom. The van der Waals surface area contributed by atoms with Gasteiger partial charge in [-0.25, -0.2) is 12.8 Å². The van der Waals surface area contributed by atoms with Crippen LogP contribution in [0.5, 0.6) is 0 Å². The molecule has 0 aliphatic carbocycles. The number of nitrogens with one attached hydrogen (secondary N) is 1. The van der Waals surface area contributed by atoms with E-state index >= 15 is 0 Å². The van der Waals surface area contributed by atoms with Crippen molar-refractivity contribution in [3.63, 3.8) is 0 Å². The van der Waals surface area contributed by atoms with E-state index in [1.165, 1.54) is 6.07 Å². The lowest BCUT2D eigenvalue weighted by molar-refractivity contribution is -0.384. The zero-order chi connectivity index (χ0) is 15.6. The Balaban J connectivity index is 2.29. The molecule has 2 aromatic carbocycles. The van der Waals surface area contributed by atoms with E-state index in [1.54, 1.807) is 0 Å². The molecule has 0 fully saturated rings. The van der Waals surface area contributed by atoms with Crippen molar-refractivity contribution in [2.45, 2.75) is 4.90 Å². The third kappa shape index (κ3) is 3.47. The molecule has 0 bridgehead atoms. The molecule has 110 valence electrons. The number of non-ortho nitro benzene ring substituents is 1. The molecule has 0 saturated heterocycles. The highest BCUT2D eigenvalue weighted by molar-refractivity contribution is 7.92. The Morgan fingerprint density at radius 1 is 1.14 bits per heavy atom. The Labute approximate surface area is 124 Å². The lowest BCUT2D eigenvalue weighted by atomic mass is 10.3. The quantitative estimate of drug-likeness (QED) is 0.688. The van der Waals surface area contributed by atoms with Crippen molar-refractivity contribution < 1.29 is 17.7 Å². The molecule has 0 spiro atoms. The first kappa shape index (κ1) is 15.2. The molecule has 6 nitrogen and oxygen atoms in total. The lowest BCUT2D eigenvalue weighted by Gasteiger charge is -2.08. The van der Waals surface area contributed by atoms with Gasteiger partial charge in [-0.05, 0) is 30.3 Å². The van der Waals surface area contributed by atoms with Gasteiger partial charge in [-0.15, -0.1) is 0 Å². The molecule has 0 radical (unpaired) electrons.